The fraction of sp³-hybridized carbons (Fsp3) is 0.333. The lowest BCUT2D eigenvalue weighted by atomic mass is 10.2. The largest absolute Gasteiger partial charge is 0.288 e. The minimum Gasteiger partial charge on any atom is -0.288 e. The van der Waals surface area contributed by atoms with Crippen molar-refractivity contribution in [2.45, 2.75) is 20.8 Å². The Bertz CT molecular complexity index is 363. The molecule has 0 fully saturated rings. The van der Waals surface area contributed by atoms with Crippen LogP contribution in [0.5, 0.6) is 0 Å². The summed E-state index contributed by atoms with van der Waals surface area (Å²) in [6, 6.07) is 0. The number of aryl methyl sites for hydroxylation is 1. The first kappa shape index (κ1) is 11.3. The van der Waals surface area contributed by atoms with E-state index < -0.39 is 0 Å². The minimum atomic E-state index is -0.274. The highest BCUT2D eigenvalue weighted by Gasteiger charge is 2.32. The highest BCUT2D eigenvalue weighted by atomic mass is 32.1. The van der Waals surface area contributed by atoms with E-state index in [0.717, 1.165) is 9.50 Å². The Hall–Kier alpha value is -0.730. The molecule has 1 N–H and O–H groups in total. The molecule has 76 valence electrons. The molecule has 1 atom stereocenters. The van der Waals surface area contributed by atoms with Crippen molar-refractivity contribution in [3.05, 3.63) is 16.0 Å². The van der Waals surface area contributed by atoms with E-state index in [9.17, 15) is 9.59 Å². The Balaban J connectivity index is 0.000000461. The number of amides is 2. The summed E-state index contributed by atoms with van der Waals surface area (Å²) >= 11 is 1.46. The first-order valence-electron chi connectivity index (χ1n) is 4.36. The van der Waals surface area contributed by atoms with Crippen molar-refractivity contribution >= 4 is 37.0 Å². The van der Waals surface area contributed by atoms with E-state index in [0.29, 0.717) is 11.1 Å². The summed E-state index contributed by atoms with van der Waals surface area (Å²) in [4.78, 5) is 23.2. The molecular weight excluding hydrogens is 217 g/mol. The van der Waals surface area contributed by atoms with Gasteiger partial charge in [0.25, 0.3) is 11.8 Å². The van der Waals surface area contributed by atoms with Crippen molar-refractivity contribution in [3.8, 4) is 0 Å². The summed E-state index contributed by atoms with van der Waals surface area (Å²) < 4.78 is 0.839. The van der Waals surface area contributed by atoms with Gasteiger partial charge in [-0.3, -0.25) is 14.9 Å². The predicted molar refractivity (Wildman–Crippen MR) is 61.5 cm³/mol. The number of thiophene rings is 1. The van der Waals surface area contributed by atoms with Gasteiger partial charge in [0.15, 0.2) is 0 Å². The van der Waals surface area contributed by atoms with E-state index in [1.54, 1.807) is 0 Å². The molecule has 0 radical (unpaired) electrons. The van der Waals surface area contributed by atoms with Gasteiger partial charge in [-0.25, -0.2) is 0 Å². The van der Waals surface area contributed by atoms with Gasteiger partial charge in [-0.05, 0) is 6.92 Å². The molecule has 0 aliphatic carbocycles. The highest BCUT2D eigenvalue weighted by Crippen LogP contribution is 2.25. The van der Waals surface area contributed by atoms with Crippen LogP contribution in [0, 0.1) is 6.92 Å². The third kappa shape index (κ3) is 1.60. The third-order valence-electron chi connectivity index (χ3n) is 1.79. The third-order valence-corrected chi connectivity index (χ3v) is 3.37. The van der Waals surface area contributed by atoms with Gasteiger partial charge < -0.3 is 0 Å². The number of hydrogen-bond acceptors (Lipinski definition) is 3. The summed E-state index contributed by atoms with van der Waals surface area (Å²) in [6.07, 6.45) is 0. The van der Waals surface area contributed by atoms with Crippen LogP contribution in [0.1, 0.15) is 39.4 Å². The maximum absolute atomic E-state index is 11.2. The fourth-order valence-corrected chi connectivity index (χ4v) is 3.02. The van der Waals surface area contributed by atoms with Crippen molar-refractivity contribution in [2.75, 3.05) is 0 Å². The summed E-state index contributed by atoms with van der Waals surface area (Å²) in [5, 5.41) is 2.26. The molecule has 5 heteroatoms. The molecule has 3 nitrogen and oxygen atoms in total. The molecule has 0 bridgehead atoms. The summed E-state index contributed by atoms with van der Waals surface area (Å²) in [7, 11) is 2.47. The van der Waals surface area contributed by atoms with E-state index in [-0.39, 0.29) is 11.8 Å². The van der Waals surface area contributed by atoms with Crippen LogP contribution in [0.25, 0.3) is 0 Å². The first-order valence-corrected chi connectivity index (χ1v) is 5.75. The zero-order valence-electron chi connectivity index (χ0n) is 8.30. The molecule has 1 unspecified atom stereocenters. The van der Waals surface area contributed by atoms with Gasteiger partial charge in [-0.2, -0.15) is 0 Å². The molecule has 1 aliphatic heterocycles. The molecule has 0 aromatic carbocycles. The Labute approximate surface area is 89.1 Å². The zero-order valence-corrected chi connectivity index (χ0v) is 10.3. The molecule has 1 aromatic heterocycles. The van der Waals surface area contributed by atoms with Gasteiger partial charge in [0.1, 0.15) is 0 Å². The molecule has 1 aromatic rings. The maximum atomic E-state index is 11.2. The van der Waals surface area contributed by atoms with Crippen LogP contribution in [0.15, 0.2) is 0 Å². The number of carbonyl (C=O) groups excluding carboxylic acids is 2. The van der Waals surface area contributed by atoms with Crippen LogP contribution in [0.4, 0.5) is 0 Å². The molecule has 2 heterocycles. The van der Waals surface area contributed by atoms with Gasteiger partial charge in [0, 0.05) is 9.50 Å². The molecule has 2 rings (SSSR count). The van der Waals surface area contributed by atoms with Crippen molar-refractivity contribution < 1.29 is 9.59 Å². The smallest absolute Gasteiger partial charge is 0.260 e. The van der Waals surface area contributed by atoms with Crippen LogP contribution in [0.2, 0.25) is 0 Å². The molecule has 0 spiro atoms. The normalized spacial score (nSPS) is 13.1. The maximum Gasteiger partial charge on any atom is 0.260 e. The second kappa shape index (κ2) is 4.20. The fourth-order valence-electron chi connectivity index (χ4n) is 1.29. The molecule has 2 amide bonds. The zero-order chi connectivity index (χ0) is 10.9. The van der Waals surface area contributed by atoms with Gasteiger partial charge >= 0.3 is 0 Å². The summed E-state index contributed by atoms with van der Waals surface area (Å²) in [5.41, 5.74) is 1.09. The van der Waals surface area contributed by atoms with Crippen LogP contribution < -0.4 is 9.94 Å². The van der Waals surface area contributed by atoms with Crippen molar-refractivity contribution in [2.24, 2.45) is 0 Å². The number of imide groups is 1. The Kier molecular flexibility index (Phi) is 3.40. The lowest BCUT2D eigenvalue weighted by Crippen LogP contribution is -2.21. The van der Waals surface area contributed by atoms with Crippen LogP contribution in [-0.4, -0.2) is 11.8 Å². The molecule has 0 saturated carbocycles. The van der Waals surface area contributed by atoms with Gasteiger partial charge in [0.2, 0.25) is 0 Å². The minimum absolute atomic E-state index is 0.266. The molecule has 0 saturated heterocycles. The van der Waals surface area contributed by atoms with E-state index >= 15 is 0 Å². The second-order valence-electron chi connectivity index (χ2n) is 2.56. The topological polar surface area (TPSA) is 46.2 Å². The lowest BCUT2D eigenvalue weighted by Gasteiger charge is -1.89. The van der Waals surface area contributed by atoms with Crippen molar-refractivity contribution in [3.63, 3.8) is 0 Å². The van der Waals surface area contributed by atoms with E-state index in [2.05, 4.69) is 14.6 Å². The number of nitrogens with one attached hydrogen (secondary N) is 1. The van der Waals surface area contributed by atoms with Crippen LogP contribution in [-0.2, 0) is 0 Å². The number of fused-ring (bicyclic) bond motifs is 1. The highest BCUT2D eigenvalue weighted by molar-refractivity contribution is 7.44. The second-order valence-corrected chi connectivity index (χ2v) is 4.81. The monoisotopic (exact) mass is 229 g/mol. The van der Waals surface area contributed by atoms with Gasteiger partial charge in [0.05, 0.1) is 11.1 Å². The standard InChI is InChI=1S/C7H6NO2PS.C2H6/c1-2-3-4(7(11)12-2)6(10)8-5(3)9;1-2/h11H2,1H3,(H,8,9,10);1-2H3. The molecular formula is C9H12NO2PS. The van der Waals surface area contributed by atoms with Crippen molar-refractivity contribution in [1.82, 2.24) is 5.32 Å². The van der Waals surface area contributed by atoms with Crippen LogP contribution in [0.3, 0.4) is 0 Å². The summed E-state index contributed by atoms with van der Waals surface area (Å²) in [6.45, 7) is 5.84. The number of hydrogen-bond donors (Lipinski definition) is 1. The summed E-state index contributed by atoms with van der Waals surface area (Å²) in [5.74, 6) is -0.540. The van der Waals surface area contributed by atoms with E-state index in [1.165, 1.54) is 11.3 Å². The average molecular weight is 229 g/mol. The van der Waals surface area contributed by atoms with Crippen molar-refractivity contribution in [1.29, 1.82) is 0 Å². The van der Waals surface area contributed by atoms with Crippen LogP contribution >= 0.6 is 20.6 Å². The number of rotatable bonds is 0. The number of carbonyl (C=O) groups is 2. The molecule has 14 heavy (non-hydrogen) atoms. The Morgan fingerprint density at radius 1 is 1.14 bits per heavy atom. The molecule has 1 aliphatic rings. The Morgan fingerprint density at radius 2 is 1.64 bits per heavy atom. The van der Waals surface area contributed by atoms with Gasteiger partial charge in [-0.15, -0.1) is 11.3 Å². The quantitative estimate of drug-likeness (QED) is 0.541. The lowest BCUT2D eigenvalue weighted by molar-refractivity contribution is 0.0880. The predicted octanol–water partition coefficient (Wildman–Crippen LogP) is 1.47. The van der Waals surface area contributed by atoms with E-state index in [1.807, 2.05) is 20.8 Å². The first-order chi connectivity index (χ1) is 6.61. The van der Waals surface area contributed by atoms with Gasteiger partial charge in [-0.1, -0.05) is 23.1 Å². The van der Waals surface area contributed by atoms with E-state index in [4.69, 9.17) is 0 Å². The average Bonchev–Trinajstić information content (AvgIpc) is 2.59. The Morgan fingerprint density at radius 3 is 2.14 bits per heavy atom. The SMILES string of the molecule is CC.Cc1sc(P)c2c1C(=O)NC2=O.